The molecular formula is C19H34N2. The van der Waals surface area contributed by atoms with E-state index in [9.17, 15) is 0 Å². The van der Waals surface area contributed by atoms with E-state index in [4.69, 9.17) is 0 Å². The van der Waals surface area contributed by atoms with E-state index in [1.807, 2.05) is 0 Å². The van der Waals surface area contributed by atoms with Crippen molar-refractivity contribution in [2.75, 3.05) is 26.7 Å². The second-order valence-corrected chi connectivity index (χ2v) is 8.99. The number of fused-ring (bicyclic) bond motifs is 2. The van der Waals surface area contributed by atoms with Gasteiger partial charge in [-0.3, -0.25) is 0 Å². The van der Waals surface area contributed by atoms with Crippen LogP contribution in [0.4, 0.5) is 0 Å². The van der Waals surface area contributed by atoms with Gasteiger partial charge in [0.2, 0.25) is 0 Å². The van der Waals surface area contributed by atoms with Gasteiger partial charge in [0.25, 0.3) is 0 Å². The van der Waals surface area contributed by atoms with Gasteiger partial charge in [0.05, 0.1) is 0 Å². The molecule has 0 spiro atoms. The quantitative estimate of drug-likeness (QED) is 0.769. The maximum atomic E-state index is 3.84. The lowest BCUT2D eigenvalue weighted by molar-refractivity contribution is 0.139. The van der Waals surface area contributed by atoms with Gasteiger partial charge in [0.15, 0.2) is 0 Å². The average molecular weight is 290 g/mol. The SMILES string of the molecule is CN(CC1CC2CCC1C2)CC1(CNC2CC2)CCCC1. The predicted molar refractivity (Wildman–Crippen MR) is 88.4 cm³/mol. The van der Waals surface area contributed by atoms with Gasteiger partial charge in [-0.05, 0) is 75.2 Å². The lowest BCUT2D eigenvalue weighted by atomic mass is 9.84. The van der Waals surface area contributed by atoms with Crippen molar-refractivity contribution in [3.63, 3.8) is 0 Å². The maximum absolute atomic E-state index is 3.84. The zero-order valence-corrected chi connectivity index (χ0v) is 13.9. The first kappa shape index (κ1) is 14.5. The van der Waals surface area contributed by atoms with Crippen LogP contribution in [0.15, 0.2) is 0 Å². The molecule has 0 aromatic carbocycles. The van der Waals surface area contributed by atoms with Crippen LogP contribution in [0.3, 0.4) is 0 Å². The average Bonchev–Trinajstić information content (AvgIpc) is 2.86. The van der Waals surface area contributed by atoms with Crippen molar-refractivity contribution in [1.82, 2.24) is 10.2 Å². The number of rotatable bonds is 7. The van der Waals surface area contributed by atoms with E-state index in [2.05, 4.69) is 17.3 Å². The first-order valence-electron chi connectivity index (χ1n) is 9.64. The van der Waals surface area contributed by atoms with E-state index in [-0.39, 0.29) is 0 Å². The van der Waals surface area contributed by atoms with Crippen LogP contribution in [0.25, 0.3) is 0 Å². The molecule has 0 aliphatic heterocycles. The van der Waals surface area contributed by atoms with Crippen molar-refractivity contribution in [3.8, 4) is 0 Å². The third kappa shape index (κ3) is 3.32. The minimum absolute atomic E-state index is 0.606. The monoisotopic (exact) mass is 290 g/mol. The van der Waals surface area contributed by atoms with Crippen LogP contribution in [0.1, 0.15) is 64.2 Å². The van der Waals surface area contributed by atoms with Crippen molar-refractivity contribution in [3.05, 3.63) is 0 Å². The van der Waals surface area contributed by atoms with Crippen molar-refractivity contribution < 1.29 is 0 Å². The lowest BCUT2D eigenvalue weighted by Crippen LogP contribution is -2.43. The van der Waals surface area contributed by atoms with Crippen LogP contribution in [-0.4, -0.2) is 37.6 Å². The molecular weight excluding hydrogens is 256 g/mol. The molecule has 21 heavy (non-hydrogen) atoms. The summed E-state index contributed by atoms with van der Waals surface area (Å²) in [7, 11) is 2.41. The normalized spacial score (nSPS) is 37.7. The smallest absolute Gasteiger partial charge is 0.00684 e. The molecule has 4 rings (SSSR count). The second-order valence-electron chi connectivity index (χ2n) is 8.99. The highest BCUT2D eigenvalue weighted by molar-refractivity contribution is 4.94. The highest BCUT2D eigenvalue weighted by Crippen LogP contribution is 2.48. The number of nitrogens with zero attached hydrogens (tertiary/aromatic N) is 1. The van der Waals surface area contributed by atoms with Gasteiger partial charge in [-0.1, -0.05) is 19.3 Å². The van der Waals surface area contributed by atoms with Crippen molar-refractivity contribution >= 4 is 0 Å². The first-order chi connectivity index (χ1) is 10.2. The number of hydrogen-bond acceptors (Lipinski definition) is 2. The molecule has 4 aliphatic carbocycles. The fraction of sp³-hybridized carbons (Fsp3) is 1.00. The van der Waals surface area contributed by atoms with Crippen LogP contribution in [0.5, 0.6) is 0 Å². The Morgan fingerprint density at radius 1 is 1.05 bits per heavy atom. The van der Waals surface area contributed by atoms with E-state index in [0.717, 1.165) is 23.8 Å². The molecule has 4 saturated carbocycles. The Hall–Kier alpha value is -0.0800. The standard InChI is InChI=1S/C19H34N2/c1-21(12-17-11-15-4-5-16(17)10-15)14-19(8-2-3-9-19)13-20-18-6-7-18/h15-18,20H,2-14H2,1H3. The van der Waals surface area contributed by atoms with Gasteiger partial charge in [-0.25, -0.2) is 0 Å². The highest BCUT2D eigenvalue weighted by Gasteiger charge is 2.41. The molecule has 3 atom stereocenters. The molecule has 0 saturated heterocycles. The van der Waals surface area contributed by atoms with Crippen molar-refractivity contribution in [1.29, 1.82) is 0 Å². The Labute approximate surface area is 131 Å². The Balaban J connectivity index is 1.29. The Morgan fingerprint density at radius 3 is 2.48 bits per heavy atom. The van der Waals surface area contributed by atoms with Crippen LogP contribution in [0, 0.1) is 23.2 Å². The highest BCUT2D eigenvalue weighted by atomic mass is 15.1. The van der Waals surface area contributed by atoms with E-state index >= 15 is 0 Å². The number of nitrogens with one attached hydrogen (secondary N) is 1. The zero-order valence-electron chi connectivity index (χ0n) is 13.9. The van der Waals surface area contributed by atoms with Gasteiger partial charge in [-0.15, -0.1) is 0 Å². The van der Waals surface area contributed by atoms with Crippen LogP contribution in [-0.2, 0) is 0 Å². The first-order valence-corrected chi connectivity index (χ1v) is 9.64. The Morgan fingerprint density at radius 2 is 1.86 bits per heavy atom. The molecule has 4 aliphatic rings. The van der Waals surface area contributed by atoms with Gasteiger partial charge in [0, 0.05) is 25.7 Å². The summed E-state index contributed by atoms with van der Waals surface area (Å²) in [5.74, 6) is 3.22. The molecule has 2 bridgehead atoms. The molecule has 0 aromatic rings. The van der Waals surface area contributed by atoms with Crippen LogP contribution >= 0.6 is 0 Å². The molecule has 4 fully saturated rings. The summed E-state index contributed by atoms with van der Waals surface area (Å²) >= 11 is 0. The summed E-state index contributed by atoms with van der Waals surface area (Å²) in [4.78, 5) is 2.71. The lowest BCUT2D eigenvalue weighted by Gasteiger charge is -2.36. The van der Waals surface area contributed by atoms with E-state index < -0.39 is 0 Å². The minimum atomic E-state index is 0.606. The Kier molecular flexibility index (Phi) is 4.04. The summed E-state index contributed by atoms with van der Waals surface area (Å²) in [6, 6.07) is 0.873. The third-order valence-corrected chi connectivity index (χ3v) is 7.04. The predicted octanol–water partition coefficient (Wildman–Crippen LogP) is 3.67. The molecule has 0 heterocycles. The molecule has 2 heteroatoms. The summed E-state index contributed by atoms with van der Waals surface area (Å²) < 4.78 is 0. The summed E-state index contributed by atoms with van der Waals surface area (Å²) in [5, 5.41) is 3.84. The topological polar surface area (TPSA) is 15.3 Å². The minimum Gasteiger partial charge on any atom is -0.313 e. The molecule has 2 nitrogen and oxygen atoms in total. The van der Waals surface area contributed by atoms with Gasteiger partial charge in [-0.2, -0.15) is 0 Å². The summed E-state index contributed by atoms with van der Waals surface area (Å²) in [5.41, 5.74) is 0.606. The summed E-state index contributed by atoms with van der Waals surface area (Å²) in [6.07, 6.45) is 14.9. The Bertz CT molecular complexity index is 357. The zero-order chi connectivity index (χ0) is 14.3. The van der Waals surface area contributed by atoms with Crippen LogP contribution in [0.2, 0.25) is 0 Å². The van der Waals surface area contributed by atoms with Gasteiger partial charge in [0.1, 0.15) is 0 Å². The largest absolute Gasteiger partial charge is 0.313 e. The second kappa shape index (κ2) is 5.85. The number of hydrogen-bond donors (Lipinski definition) is 1. The van der Waals surface area contributed by atoms with Crippen LogP contribution < -0.4 is 5.32 Å². The maximum Gasteiger partial charge on any atom is 0.00684 e. The summed E-state index contributed by atoms with van der Waals surface area (Å²) in [6.45, 7) is 4.02. The van der Waals surface area contributed by atoms with Crippen molar-refractivity contribution in [2.45, 2.75) is 70.3 Å². The molecule has 120 valence electrons. The molecule has 1 N–H and O–H groups in total. The molecule has 0 radical (unpaired) electrons. The van der Waals surface area contributed by atoms with E-state index in [0.29, 0.717) is 5.41 Å². The van der Waals surface area contributed by atoms with E-state index in [1.54, 1.807) is 19.3 Å². The molecule has 0 amide bonds. The van der Waals surface area contributed by atoms with Gasteiger partial charge >= 0.3 is 0 Å². The molecule has 3 unspecified atom stereocenters. The van der Waals surface area contributed by atoms with Crippen molar-refractivity contribution in [2.24, 2.45) is 23.2 Å². The fourth-order valence-electron chi connectivity index (χ4n) is 5.80. The van der Waals surface area contributed by atoms with E-state index in [1.165, 1.54) is 64.6 Å². The third-order valence-electron chi connectivity index (χ3n) is 7.04. The fourth-order valence-corrected chi connectivity index (χ4v) is 5.80. The molecule has 0 aromatic heterocycles. The van der Waals surface area contributed by atoms with Gasteiger partial charge < -0.3 is 10.2 Å².